The molecule has 1 aliphatic rings. The van der Waals surface area contributed by atoms with Crippen molar-refractivity contribution in [3.63, 3.8) is 0 Å². The Labute approximate surface area is 90.0 Å². The summed E-state index contributed by atoms with van der Waals surface area (Å²) in [6, 6.07) is 0. The highest BCUT2D eigenvalue weighted by atomic mass is 16.4. The molecule has 0 radical (unpaired) electrons. The Balaban J connectivity index is 2.41. The summed E-state index contributed by atoms with van der Waals surface area (Å²) in [6.07, 6.45) is 4.88. The second-order valence-electron chi connectivity index (χ2n) is 4.96. The van der Waals surface area contributed by atoms with Crippen molar-refractivity contribution >= 4 is 11.9 Å². The Morgan fingerprint density at radius 3 is 2.33 bits per heavy atom. The Morgan fingerprint density at radius 2 is 1.87 bits per heavy atom. The smallest absolute Gasteiger partial charge is 0.394 e. The highest BCUT2D eigenvalue weighted by Gasteiger charge is 2.32. The van der Waals surface area contributed by atoms with Crippen LogP contribution < -0.4 is 5.32 Å². The molecular formula is C11H19NO3. The summed E-state index contributed by atoms with van der Waals surface area (Å²) in [5, 5.41) is 10.9. The number of carboxylic acid groups (broad SMARTS) is 1. The normalized spacial score (nSPS) is 17.7. The quantitative estimate of drug-likeness (QED) is 0.696. The van der Waals surface area contributed by atoms with E-state index in [0.29, 0.717) is 12.5 Å². The number of carboxylic acids is 1. The molecule has 0 atom stereocenters. The summed E-state index contributed by atoms with van der Waals surface area (Å²) in [7, 11) is 0. The van der Waals surface area contributed by atoms with Crippen molar-refractivity contribution in [2.75, 3.05) is 6.54 Å². The summed E-state index contributed by atoms with van der Waals surface area (Å²) in [6.45, 7) is 4.62. The largest absolute Gasteiger partial charge is 0.474 e. The number of nitrogens with one attached hydrogen (secondary N) is 1. The van der Waals surface area contributed by atoms with Crippen LogP contribution in [0.3, 0.4) is 0 Å². The van der Waals surface area contributed by atoms with Gasteiger partial charge in [0.15, 0.2) is 0 Å². The Kier molecular flexibility index (Phi) is 3.72. The van der Waals surface area contributed by atoms with E-state index < -0.39 is 11.9 Å². The van der Waals surface area contributed by atoms with Crippen LogP contribution in [-0.4, -0.2) is 23.5 Å². The van der Waals surface area contributed by atoms with Gasteiger partial charge < -0.3 is 10.4 Å². The number of aliphatic carboxylic acids is 1. The molecule has 1 fully saturated rings. The fraction of sp³-hybridized carbons (Fsp3) is 0.818. The molecule has 4 nitrogen and oxygen atoms in total. The van der Waals surface area contributed by atoms with Crippen molar-refractivity contribution in [2.24, 2.45) is 11.3 Å². The highest BCUT2D eigenvalue weighted by molar-refractivity contribution is 6.31. The number of carbonyl (C=O) groups is 2. The van der Waals surface area contributed by atoms with Crippen LogP contribution in [0.15, 0.2) is 0 Å². The Morgan fingerprint density at radius 1 is 1.33 bits per heavy atom. The lowest BCUT2D eigenvalue weighted by Crippen LogP contribution is -2.40. The standard InChI is InChI=1S/C11H19NO3/c1-11(2,8-5-3-4-6-8)7-12-9(13)10(14)15/h8H,3-7H2,1-2H3,(H,12,13)(H,14,15). The average molecular weight is 213 g/mol. The first-order valence-electron chi connectivity index (χ1n) is 5.44. The maximum atomic E-state index is 10.9. The summed E-state index contributed by atoms with van der Waals surface area (Å²) in [5.74, 6) is -1.70. The van der Waals surface area contributed by atoms with Crippen LogP contribution in [0.1, 0.15) is 39.5 Å². The molecule has 86 valence electrons. The van der Waals surface area contributed by atoms with E-state index in [1.165, 1.54) is 25.7 Å². The topological polar surface area (TPSA) is 66.4 Å². The van der Waals surface area contributed by atoms with Crippen LogP contribution in [0.2, 0.25) is 0 Å². The number of hydrogen-bond donors (Lipinski definition) is 2. The minimum Gasteiger partial charge on any atom is -0.474 e. The fourth-order valence-electron chi connectivity index (χ4n) is 2.24. The molecule has 1 saturated carbocycles. The van der Waals surface area contributed by atoms with E-state index in [0.717, 1.165) is 0 Å². The predicted molar refractivity (Wildman–Crippen MR) is 56.4 cm³/mol. The van der Waals surface area contributed by atoms with Crippen molar-refractivity contribution in [1.82, 2.24) is 5.32 Å². The average Bonchev–Trinajstić information content (AvgIpc) is 2.67. The third-order valence-corrected chi connectivity index (χ3v) is 3.36. The van der Waals surface area contributed by atoms with E-state index in [9.17, 15) is 9.59 Å². The van der Waals surface area contributed by atoms with Crippen molar-refractivity contribution in [3.05, 3.63) is 0 Å². The summed E-state index contributed by atoms with van der Waals surface area (Å²) in [4.78, 5) is 21.2. The van der Waals surface area contributed by atoms with Gasteiger partial charge in [-0.3, -0.25) is 4.79 Å². The highest BCUT2D eigenvalue weighted by Crippen LogP contribution is 2.38. The lowest BCUT2D eigenvalue weighted by molar-refractivity contribution is -0.150. The second-order valence-corrected chi connectivity index (χ2v) is 4.96. The minimum atomic E-state index is -1.41. The van der Waals surface area contributed by atoms with Crippen LogP contribution in [0.4, 0.5) is 0 Å². The predicted octanol–water partition coefficient (Wildman–Crippen LogP) is 1.40. The first kappa shape index (κ1) is 12.0. The van der Waals surface area contributed by atoms with E-state index in [-0.39, 0.29) is 5.41 Å². The minimum absolute atomic E-state index is 0.00160. The van der Waals surface area contributed by atoms with Gasteiger partial charge in [0.25, 0.3) is 0 Å². The molecule has 0 unspecified atom stereocenters. The third-order valence-electron chi connectivity index (χ3n) is 3.36. The lowest BCUT2D eigenvalue weighted by atomic mass is 9.78. The van der Waals surface area contributed by atoms with Crippen LogP contribution in [0, 0.1) is 11.3 Å². The van der Waals surface area contributed by atoms with Gasteiger partial charge in [0.2, 0.25) is 0 Å². The molecule has 15 heavy (non-hydrogen) atoms. The van der Waals surface area contributed by atoms with Crippen LogP contribution in [-0.2, 0) is 9.59 Å². The number of rotatable bonds is 3. The van der Waals surface area contributed by atoms with Gasteiger partial charge in [-0.2, -0.15) is 0 Å². The Hall–Kier alpha value is -1.06. The zero-order chi connectivity index (χ0) is 11.5. The summed E-state index contributed by atoms with van der Waals surface area (Å²) >= 11 is 0. The van der Waals surface area contributed by atoms with Crippen LogP contribution in [0.25, 0.3) is 0 Å². The van der Waals surface area contributed by atoms with E-state index >= 15 is 0 Å². The van der Waals surface area contributed by atoms with E-state index in [2.05, 4.69) is 19.2 Å². The molecule has 0 aromatic carbocycles. The summed E-state index contributed by atoms with van der Waals surface area (Å²) < 4.78 is 0. The van der Waals surface area contributed by atoms with Gasteiger partial charge >= 0.3 is 11.9 Å². The van der Waals surface area contributed by atoms with Gasteiger partial charge in [-0.25, -0.2) is 4.79 Å². The molecule has 0 aliphatic heterocycles. The molecule has 0 bridgehead atoms. The molecule has 1 rings (SSSR count). The van der Waals surface area contributed by atoms with Gasteiger partial charge in [0.05, 0.1) is 0 Å². The summed E-state index contributed by atoms with van der Waals surface area (Å²) in [5.41, 5.74) is 0.00160. The Bertz CT molecular complexity index is 255. The molecule has 0 heterocycles. The lowest BCUT2D eigenvalue weighted by Gasteiger charge is -2.31. The van der Waals surface area contributed by atoms with Crippen LogP contribution in [0.5, 0.6) is 0 Å². The monoisotopic (exact) mass is 213 g/mol. The zero-order valence-electron chi connectivity index (χ0n) is 9.38. The first-order valence-corrected chi connectivity index (χ1v) is 5.44. The van der Waals surface area contributed by atoms with Crippen molar-refractivity contribution in [3.8, 4) is 0 Å². The number of carbonyl (C=O) groups excluding carboxylic acids is 1. The van der Waals surface area contributed by atoms with E-state index in [4.69, 9.17) is 5.11 Å². The van der Waals surface area contributed by atoms with E-state index in [1.54, 1.807) is 0 Å². The molecule has 0 aromatic rings. The SMILES string of the molecule is CC(C)(CNC(=O)C(=O)O)C1CCCC1. The number of amides is 1. The van der Waals surface area contributed by atoms with Crippen molar-refractivity contribution < 1.29 is 14.7 Å². The maximum absolute atomic E-state index is 10.9. The van der Waals surface area contributed by atoms with Gasteiger partial charge in [0.1, 0.15) is 0 Å². The molecule has 0 saturated heterocycles. The third kappa shape index (κ3) is 3.22. The van der Waals surface area contributed by atoms with Gasteiger partial charge in [-0.1, -0.05) is 26.7 Å². The second kappa shape index (κ2) is 4.64. The molecule has 1 aliphatic carbocycles. The fourth-order valence-corrected chi connectivity index (χ4v) is 2.24. The zero-order valence-corrected chi connectivity index (χ0v) is 9.38. The molecule has 2 N–H and O–H groups in total. The van der Waals surface area contributed by atoms with Gasteiger partial charge in [0, 0.05) is 6.54 Å². The van der Waals surface area contributed by atoms with Gasteiger partial charge in [-0.15, -0.1) is 0 Å². The first-order chi connectivity index (χ1) is 6.93. The van der Waals surface area contributed by atoms with Crippen molar-refractivity contribution in [1.29, 1.82) is 0 Å². The molecule has 0 aromatic heterocycles. The molecule has 1 amide bonds. The molecular weight excluding hydrogens is 194 g/mol. The molecule has 0 spiro atoms. The van der Waals surface area contributed by atoms with Crippen LogP contribution >= 0.6 is 0 Å². The van der Waals surface area contributed by atoms with Gasteiger partial charge in [-0.05, 0) is 24.2 Å². The number of hydrogen-bond acceptors (Lipinski definition) is 2. The van der Waals surface area contributed by atoms with E-state index in [1.807, 2.05) is 0 Å². The van der Waals surface area contributed by atoms with Crippen molar-refractivity contribution in [2.45, 2.75) is 39.5 Å². The molecule has 4 heteroatoms. The maximum Gasteiger partial charge on any atom is 0.394 e.